The summed E-state index contributed by atoms with van der Waals surface area (Å²) in [6.45, 7) is 2.91. The van der Waals surface area contributed by atoms with Gasteiger partial charge in [-0.3, -0.25) is 0 Å². The third-order valence-electron chi connectivity index (χ3n) is 3.39. The highest BCUT2D eigenvalue weighted by Gasteiger charge is 2.41. The molecule has 2 saturated heterocycles. The fraction of sp³-hybridized carbons (Fsp3) is 0.583. The highest BCUT2D eigenvalue weighted by molar-refractivity contribution is 7.12. The average Bonchev–Trinajstić information content (AvgIpc) is 2.98. The maximum Gasteiger partial charge on any atom is 0.345 e. The second-order valence-corrected chi connectivity index (χ2v) is 5.52. The zero-order valence-electron chi connectivity index (χ0n) is 9.92. The summed E-state index contributed by atoms with van der Waals surface area (Å²) in [6, 6.07) is 1.72. The number of carboxylic acids is 1. The molecule has 0 atom stereocenters. The van der Waals surface area contributed by atoms with E-state index >= 15 is 0 Å². The van der Waals surface area contributed by atoms with Crippen LogP contribution in [0.5, 0.6) is 0 Å². The zero-order valence-corrected chi connectivity index (χ0v) is 10.7. The molecule has 2 fully saturated rings. The molecule has 2 aliphatic rings. The normalized spacial score (nSPS) is 22.6. The maximum atomic E-state index is 10.9. The first-order chi connectivity index (χ1) is 8.69. The monoisotopic (exact) mass is 269 g/mol. The second-order valence-electron chi connectivity index (χ2n) is 4.61. The summed E-state index contributed by atoms with van der Waals surface area (Å²) in [4.78, 5) is 13.4. The number of hydrogen-bond acceptors (Lipinski definition) is 5. The van der Waals surface area contributed by atoms with Crippen molar-refractivity contribution in [2.75, 3.05) is 31.2 Å². The number of piperidine rings is 1. The summed E-state index contributed by atoms with van der Waals surface area (Å²) in [5.41, 5.74) is 0.954. The molecule has 0 aromatic carbocycles. The van der Waals surface area contributed by atoms with Crippen LogP contribution in [-0.4, -0.2) is 43.2 Å². The van der Waals surface area contributed by atoms with Crippen LogP contribution in [0.2, 0.25) is 0 Å². The van der Waals surface area contributed by atoms with E-state index in [1.807, 2.05) is 5.38 Å². The van der Waals surface area contributed by atoms with Crippen molar-refractivity contribution in [1.29, 1.82) is 0 Å². The van der Waals surface area contributed by atoms with Gasteiger partial charge in [-0.15, -0.1) is 11.3 Å². The molecule has 5 nitrogen and oxygen atoms in total. The van der Waals surface area contributed by atoms with Gasteiger partial charge in [-0.2, -0.15) is 0 Å². The van der Waals surface area contributed by atoms with Gasteiger partial charge in [0.05, 0.1) is 19.8 Å². The van der Waals surface area contributed by atoms with Crippen LogP contribution in [0.1, 0.15) is 22.5 Å². The van der Waals surface area contributed by atoms with E-state index in [4.69, 9.17) is 14.6 Å². The number of thiophene rings is 1. The molecule has 18 heavy (non-hydrogen) atoms. The minimum atomic E-state index is -0.869. The molecule has 0 radical (unpaired) electrons. The predicted octanol–water partition coefficient (Wildman–Crippen LogP) is 1.79. The summed E-state index contributed by atoms with van der Waals surface area (Å²) in [7, 11) is 0. The SMILES string of the molecule is O=C(O)c1cc(N2CCCC3(C2)OCCO3)cs1. The Kier molecular flexibility index (Phi) is 3.01. The molecule has 1 aromatic heterocycles. The summed E-state index contributed by atoms with van der Waals surface area (Å²) >= 11 is 1.26. The number of carbonyl (C=O) groups is 1. The van der Waals surface area contributed by atoms with E-state index in [1.165, 1.54) is 11.3 Å². The Labute approximate surface area is 109 Å². The van der Waals surface area contributed by atoms with Gasteiger partial charge in [-0.25, -0.2) is 4.79 Å². The molecule has 0 aliphatic carbocycles. The topological polar surface area (TPSA) is 59.0 Å². The van der Waals surface area contributed by atoms with Gasteiger partial charge in [0.1, 0.15) is 4.88 Å². The van der Waals surface area contributed by atoms with E-state index in [2.05, 4.69) is 4.90 Å². The summed E-state index contributed by atoms with van der Waals surface area (Å²) in [6.07, 6.45) is 1.91. The molecule has 1 spiro atoms. The van der Waals surface area contributed by atoms with E-state index in [0.717, 1.165) is 25.1 Å². The predicted molar refractivity (Wildman–Crippen MR) is 67.4 cm³/mol. The van der Waals surface area contributed by atoms with Crippen LogP contribution < -0.4 is 4.90 Å². The molecule has 1 N–H and O–H groups in total. The van der Waals surface area contributed by atoms with Crippen molar-refractivity contribution < 1.29 is 19.4 Å². The maximum absolute atomic E-state index is 10.9. The van der Waals surface area contributed by atoms with Crippen LogP contribution in [0.15, 0.2) is 11.4 Å². The third-order valence-corrected chi connectivity index (χ3v) is 4.30. The molecular weight excluding hydrogens is 254 g/mol. The molecule has 0 unspecified atom stereocenters. The smallest absolute Gasteiger partial charge is 0.345 e. The molecule has 6 heteroatoms. The van der Waals surface area contributed by atoms with E-state index in [1.54, 1.807) is 6.07 Å². The van der Waals surface area contributed by atoms with Gasteiger partial charge < -0.3 is 19.5 Å². The zero-order chi connectivity index (χ0) is 12.6. The highest BCUT2D eigenvalue weighted by Crippen LogP contribution is 2.34. The third kappa shape index (κ3) is 2.11. The molecule has 1 aromatic rings. The van der Waals surface area contributed by atoms with Crippen LogP contribution in [0.3, 0.4) is 0 Å². The van der Waals surface area contributed by atoms with Crippen molar-refractivity contribution in [3.8, 4) is 0 Å². The summed E-state index contributed by atoms with van der Waals surface area (Å²) < 4.78 is 11.4. The average molecular weight is 269 g/mol. The van der Waals surface area contributed by atoms with Crippen LogP contribution in [0.4, 0.5) is 5.69 Å². The Morgan fingerprint density at radius 1 is 1.44 bits per heavy atom. The standard InChI is InChI=1S/C12H15NO4S/c14-11(15)10-6-9(7-18-10)13-3-1-2-12(8-13)16-4-5-17-12/h6-7H,1-5,8H2,(H,14,15). The van der Waals surface area contributed by atoms with E-state index in [-0.39, 0.29) is 0 Å². The Hall–Kier alpha value is -1.11. The van der Waals surface area contributed by atoms with Crippen LogP contribution in [0.25, 0.3) is 0 Å². The molecule has 0 bridgehead atoms. The lowest BCUT2D eigenvalue weighted by Crippen LogP contribution is -2.49. The fourth-order valence-electron chi connectivity index (χ4n) is 2.55. The van der Waals surface area contributed by atoms with Crippen molar-refractivity contribution in [3.63, 3.8) is 0 Å². The number of ether oxygens (including phenoxy) is 2. The van der Waals surface area contributed by atoms with Crippen molar-refractivity contribution in [2.45, 2.75) is 18.6 Å². The molecule has 3 rings (SSSR count). The number of aromatic carboxylic acids is 1. The first kappa shape index (κ1) is 12.0. The molecule has 0 saturated carbocycles. The minimum Gasteiger partial charge on any atom is -0.477 e. The quantitative estimate of drug-likeness (QED) is 0.887. The van der Waals surface area contributed by atoms with Gasteiger partial charge in [0.25, 0.3) is 0 Å². The number of nitrogens with zero attached hydrogens (tertiary/aromatic N) is 1. The fourth-order valence-corrected chi connectivity index (χ4v) is 3.30. The lowest BCUT2D eigenvalue weighted by molar-refractivity contribution is -0.161. The molecule has 98 valence electrons. The Balaban J connectivity index is 1.76. The van der Waals surface area contributed by atoms with Crippen LogP contribution in [-0.2, 0) is 9.47 Å². The van der Waals surface area contributed by atoms with Crippen molar-refractivity contribution >= 4 is 23.0 Å². The molecule has 3 heterocycles. The first-order valence-corrected chi connectivity index (χ1v) is 6.91. The van der Waals surface area contributed by atoms with Gasteiger partial charge in [0.15, 0.2) is 5.79 Å². The number of carboxylic acid groups (broad SMARTS) is 1. The van der Waals surface area contributed by atoms with Gasteiger partial charge in [0, 0.05) is 24.0 Å². The molecule has 2 aliphatic heterocycles. The Morgan fingerprint density at radius 3 is 2.89 bits per heavy atom. The lowest BCUT2D eigenvalue weighted by atomic mass is 10.0. The number of anilines is 1. The minimum absolute atomic E-state index is 0.373. The number of rotatable bonds is 2. The second kappa shape index (κ2) is 4.53. The Bertz CT molecular complexity index is 453. The highest BCUT2D eigenvalue weighted by atomic mass is 32.1. The van der Waals surface area contributed by atoms with E-state index < -0.39 is 11.8 Å². The Morgan fingerprint density at radius 2 is 2.22 bits per heavy atom. The summed E-state index contributed by atoms with van der Waals surface area (Å²) in [5, 5.41) is 10.8. The van der Waals surface area contributed by atoms with Gasteiger partial charge in [0.2, 0.25) is 0 Å². The lowest BCUT2D eigenvalue weighted by Gasteiger charge is -2.39. The van der Waals surface area contributed by atoms with Crippen molar-refractivity contribution in [2.24, 2.45) is 0 Å². The first-order valence-electron chi connectivity index (χ1n) is 6.03. The van der Waals surface area contributed by atoms with Crippen molar-refractivity contribution in [3.05, 3.63) is 16.3 Å². The van der Waals surface area contributed by atoms with E-state index in [9.17, 15) is 4.79 Å². The molecular formula is C12H15NO4S. The van der Waals surface area contributed by atoms with Gasteiger partial charge >= 0.3 is 5.97 Å². The number of hydrogen-bond donors (Lipinski definition) is 1. The van der Waals surface area contributed by atoms with Crippen molar-refractivity contribution in [1.82, 2.24) is 0 Å². The van der Waals surface area contributed by atoms with E-state index in [0.29, 0.717) is 24.6 Å². The van der Waals surface area contributed by atoms with Crippen LogP contribution in [0, 0.1) is 0 Å². The van der Waals surface area contributed by atoms with Crippen LogP contribution >= 0.6 is 11.3 Å². The summed E-state index contributed by atoms with van der Waals surface area (Å²) in [5.74, 6) is -1.34. The largest absolute Gasteiger partial charge is 0.477 e. The van der Waals surface area contributed by atoms with Gasteiger partial charge in [-0.1, -0.05) is 0 Å². The van der Waals surface area contributed by atoms with Gasteiger partial charge in [-0.05, 0) is 12.5 Å². The molecule has 0 amide bonds.